The third kappa shape index (κ3) is 9.60. The van der Waals surface area contributed by atoms with Crippen molar-refractivity contribution >= 4 is 61.1 Å². The van der Waals surface area contributed by atoms with Gasteiger partial charge in [-0.15, -0.1) is 11.3 Å². The highest BCUT2D eigenvalue weighted by atomic mass is 79.9. The Morgan fingerprint density at radius 1 is 0.784 bits per heavy atom. The number of hydrogen-bond donors (Lipinski definition) is 0. The van der Waals surface area contributed by atoms with E-state index in [2.05, 4.69) is 35.7 Å². The second-order valence-corrected chi connectivity index (χ2v) is 13.9. The summed E-state index contributed by atoms with van der Waals surface area (Å²) in [6.07, 6.45) is 3.16. The van der Waals surface area contributed by atoms with Crippen molar-refractivity contribution in [1.82, 2.24) is 19.8 Å². The number of carbonyl (C=O) groups excluding carboxylic acids is 2. The summed E-state index contributed by atoms with van der Waals surface area (Å²) < 4.78 is 11.8. The molecule has 0 spiro atoms. The number of aromatic nitrogens is 2. The molecule has 2 aliphatic rings. The van der Waals surface area contributed by atoms with Gasteiger partial charge in [0, 0.05) is 63.9 Å². The minimum atomic E-state index is -0.436. The van der Waals surface area contributed by atoms with Crippen LogP contribution in [0, 0.1) is 0 Å². The minimum Gasteiger partial charge on any atom is -0.444 e. The molecular formula is C24H37BrN6O4S2. The molecule has 0 saturated carbocycles. The van der Waals surface area contributed by atoms with Crippen molar-refractivity contribution in [2.45, 2.75) is 52.7 Å². The predicted octanol–water partition coefficient (Wildman–Crippen LogP) is 5.16. The molecule has 2 fully saturated rings. The molecule has 2 aromatic rings. The molecule has 2 amide bonds. The van der Waals surface area contributed by atoms with E-state index in [9.17, 15) is 9.59 Å². The van der Waals surface area contributed by atoms with Gasteiger partial charge in [0.25, 0.3) is 0 Å². The number of amides is 2. The molecule has 13 heteroatoms. The van der Waals surface area contributed by atoms with E-state index in [4.69, 9.17) is 9.47 Å². The topological polar surface area (TPSA) is 91.3 Å². The summed E-state index contributed by atoms with van der Waals surface area (Å²) in [6, 6.07) is 0. The molecule has 2 saturated heterocycles. The Labute approximate surface area is 235 Å². The van der Waals surface area contributed by atoms with Crippen molar-refractivity contribution < 1.29 is 19.1 Å². The van der Waals surface area contributed by atoms with Crippen LogP contribution < -0.4 is 9.80 Å². The summed E-state index contributed by atoms with van der Waals surface area (Å²) in [5.41, 5.74) is -0.863. The van der Waals surface area contributed by atoms with Gasteiger partial charge in [0.15, 0.2) is 10.3 Å². The van der Waals surface area contributed by atoms with Crippen LogP contribution in [0.25, 0.3) is 0 Å². The fraction of sp³-hybridized carbons (Fsp3) is 0.667. The first-order valence-corrected chi connectivity index (χ1v) is 14.8. The van der Waals surface area contributed by atoms with Crippen LogP contribution in [-0.2, 0) is 9.47 Å². The molecule has 2 aliphatic heterocycles. The van der Waals surface area contributed by atoms with Crippen LogP contribution in [0.15, 0.2) is 21.6 Å². The zero-order chi connectivity index (χ0) is 27.2. The van der Waals surface area contributed by atoms with Crippen molar-refractivity contribution in [1.29, 1.82) is 0 Å². The van der Waals surface area contributed by atoms with Gasteiger partial charge in [0.05, 0.1) is 9.98 Å². The van der Waals surface area contributed by atoms with Crippen molar-refractivity contribution in [2.75, 3.05) is 62.2 Å². The van der Waals surface area contributed by atoms with Crippen LogP contribution in [0.2, 0.25) is 0 Å². The van der Waals surface area contributed by atoms with E-state index >= 15 is 0 Å². The summed E-state index contributed by atoms with van der Waals surface area (Å²) >= 11 is 6.65. The lowest BCUT2D eigenvalue weighted by molar-refractivity contribution is 0.0230. The molecule has 2 aromatic heterocycles. The second kappa shape index (κ2) is 12.6. The molecule has 0 unspecified atom stereocenters. The molecule has 0 N–H and O–H groups in total. The predicted molar refractivity (Wildman–Crippen MR) is 152 cm³/mol. The average Bonchev–Trinajstić information content (AvgIpc) is 3.50. The van der Waals surface area contributed by atoms with Crippen molar-refractivity contribution in [3.63, 3.8) is 0 Å². The van der Waals surface area contributed by atoms with Gasteiger partial charge in [-0.3, -0.25) is 0 Å². The first-order chi connectivity index (χ1) is 17.3. The largest absolute Gasteiger partial charge is 0.444 e. The fourth-order valence-electron chi connectivity index (χ4n) is 3.58. The lowest BCUT2D eigenvalue weighted by Crippen LogP contribution is -2.50. The van der Waals surface area contributed by atoms with Crippen LogP contribution in [0.3, 0.4) is 0 Å². The van der Waals surface area contributed by atoms with E-state index in [0.717, 1.165) is 40.2 Å². The number of thiazole rings is 2. The maximum Gasteiger partial charge on any atom is 0.410 e. The zero-order valence-electron chi connectivity index (χ0n) is 22.4. The number of piperazine rings is 2. The maximum atomic E-state index is 11.9. The lowest BCUT2D eigenvalue weighted by Gasteiger charge is -2.35. The number of rotatable bonds is 2. The van der Waals surface area contributed by atoms with E-state index in [1.807, 2.05) is 46.9 Å². The smallest absolute Gasteiger partial charge is 0.410 e. The number of carbonyl (C=O) groups is 2. The van der Waals surface area contributed by atoms with Crippen molar-refractivity contribution in [3.8, 4) is 0 Å². The summed E-state index contributed by atoms with van der Waals surface area (Å²) in [6.45, 7) is 17.2. The lowest BCUT2D eigenvalue weighted by atomic mass is 10.2. The Hall–Kier alpha value is -2.12. The van der Waals surface area contributed by atoms with Crippen LogP contribution in [-0.4, -0.2) is 95.5 Å². The third-order valence-corrected chi connectivity index (χ3v) is 7.66. The zero-order valence-corrected chi connectivity index (χ0v) is 25.6. The molecule has 0 atom stereocenters. The second-order valence-electron chi connectivity index (χ2n) is 10.7. The van der Waals surface area contributed by atoms with E-state index in [1.165, 1.54) is 0 Å². The molecule has 4 rings (SSSR count). The highest BCUT2D eigenvalue weighted by Gasteiger charge is 2.27. The molecule has 4 heterocycles. The molecule has 37 heavy (non-hydrogen) atoms. The first kappa shape index (κ1) is 29.4. The summed E-state index contributed by atoms with van der Waals surface area (Å²) in [7, 11) is 0. The minimum absolute atomic E-state index is 0.221. The van der Waals surface area contributed by atoms with Gasteiger partial charge in [-0.05, 0) is 57.5 Å². The van der Waals surface area contributed by atoms with Gasteiger partial charge >= 0.3 is 12.2 Å². The first-order valence-electron chi connectivity index (χ1n) is 12.3. The Morgan fingerprint density at radius 3 is 1.59 bits per heavy atom. The monoisotopic (exact) mass is 616 g/mol. The number of ether oxygens (including phenoxy) is 2. The SMILES string of the molecule is CC(C)(C)OC(=O)N1CCN(c2ncc(Br)s2)CC1.CC(C)(C)OC(=O)N1CCN(c2nccs2)CC1. The Kier molecular flexibility index (Phi) is 10.0. The number of halogens is 1. The van der Waals surface area contributed by atoms with Crippen LogP contribution in [0.4, 0.5) is 19.9 Å². The summed E-state index contributed by atoms with van der Waals surface area (Å²) in [4.78, 5) is 40.3. The molecule has 0 aromatic carbocycles. The standard InChI is InChI=1S/C12H18BrN3O2S.C12H19N3O2S/c1-12(2,3)18-11(17)16-6-4-15(5-7-16)10-14-8-9(13)19-10;1-12(2,3)17-11(16)15-7-5-14(6-8-15)10-13-4-9-18-10/h8H,4-7H2,1-3H3;4,9H,5-8H2,1-3H3. The van der Waals surface area contributed by atoms with Gasteiger partial charge in [0.2, 0.25) is 0 Å². The van der Waals surface area contributed by atoms with Gasteiger partial charge in [-0.1, -0.05) is 11.3 Å². The van der Waals surface area contributed by atoms with Gasteiger partial charge in [-0.2, -0.15) is 0 Å². The van der Waals surface area contributed by atoms with Crippen LogP contribution >= 0.6 is 38.6 Å². The van der Waals surface area contributed by atoms with E-state index in [-0.39, 0.29) is 12.2 Å². The Bertz CT molecular complexity index is 1010. The highest BCUT2D eigenvalue weighted by molar-refractivity contribution is 9.11. The highest BCUT2D eigenvalue weighted by Crippen LogP contribution is 2.27. The average molecular weight is 618 g/mol. The Morgan fingerprint density at radius 2 is 1.24 bits per heavy atom. The fourth-order valence-corrected chi connectivity index (χ4v) is 5.51. The Balaban J connectivity index is 0.000000206. The maximum absolute atomic E-state index is 11.9. The molecule has 0 aliphatic carbocycles. The van der Waals surface area contributed by atoms with E-state index < -0.39 is 11.2 Å². The third-order valence-electron chi connectivity index (χ3n) is 5.29. The quantitative estimate of drug-likeness (QED) is 0.457. The molecule has 0 radical (unpaired) electrons. The summed E-state index contributed by atoms with van der Waals surface area (Å²) in [5.74, 6) is 0. The van der Waals surface area contributed by atoms with Gasteiger partial charge in [0.1, 0.15) is 11.2 Å². The van der Waals surface area contributed by atoms with Crippen LogP contribution in [0.5, 0.6) is 0 Å². The molecule has 0 bridgehead atoms. The van der Waals surface area contributed by atoms with Crippen molar-refractivity contribution in [3.05, 3.63) is 21.6 Å². The molecular weight excluding hydrogens is 580 g/mol. The van der Waals surface area contributed by atoms with E-state index in [1.54, 1.807) is 44.9 Å². The van der Waals surface area contributed by atoms with Crippen molar-refractivity contribution in [2.24, 2.45) is 0 Å². The number of anilines is 2. The van der Waals surface area contributed by atoms with Crippen LogP contribution in [0.1, 0.15) is 41.5 Å². The summed E-state index contributed by atoms with van der Waals surface area (Å²) in [5, 5.41) is 3.99. The molecule has 206 valence electrons. The van der Waals surface area contributed by atoms with E-state index in [0.29, 0.717) is 26.2 Å². The van der Waals surface area contributed by atoms with Gasteiger partial charge < -0.3 is 29.1 Å². The van der Waals surface area contributed by atoms with Gasteiger partial charge in [-0.25, -0.2) is 19.6 Å². The molecule has 10 nitrogen and oxygen atoms in total. The number of hydrogen-bond acceptors (Lipinski definition) is 10. The number of nitrogens with zero attached hydrogens (tertiary/aromatic N) is 6. The normalized spacial score (nSPS) is 16.7.